The predicted octanol–water partition coefficient (Wildman–Crippen LogP) is 3.47. The molecule has 0 heterocycles. The molecule has 2 nitrogen and oxygen atoms in total. The first kappa shape index (κ1) is 15.8. The molecule has 104 valence electrons. The van der Waals surface area contributed by atoms with Crippen LogP contribution in [-0.2, 0) is 4.74 Å². The second-order valence-electron chi connectivity index (χ2n) is 4.39. The van der Waals surface area contributed by atoms with E-state index >= 15 is 0 Å². The molecule has 19 heavy (non-hydrogen) atoms. The third-order valence-corrected chi connectivity index (χ3v) is 2.30. The molecule has 0 unspecified atom stereocenters. The van der Waals surface area contributed by atoms with Crippen LogP contribution in [0.4, 0.5) is 4.39 Å². The molecule has 0 aliphatic rings. The topological polar surface area (TPSA) is 18.5 Å². The van der Waals surface area contributed by atoms with Crippen LogP contribution in [0.25, 0.3) is 0 Å². The van der Waals surface area contributed by atoms with Crippen molar-refractivity contribution in [1.82, 2.24) is 0 Å². The number of halogens is 2. The van der Waals surface area contributed by atoms with Gasteiger partial charge in [0.25, 0.3) is 0 Å². The molecule has 0 N–H and O–H groups in total. The Morgan fingerprint density at radius 2 is 2.11 bits per heavy atom. The molecule has 0 aliphatic heterocycles. The number of alkyl halides is 1. The van der Waals surface area contributed by atoms with Crippen molar-refractivity contribution >= 4 is 11.6 Å². The standard InChI is InChI=1S/C15H18ClFO2/c1-12(2)11-18-8-9-19-15-10-14(17)6-5-13(15)4-3-7-16/h5-6,10,12H,7-9,11H2,1-2H3. The van der Waals surface area contributed by atoms with E-state index in [1.165, 1.54) is 12.1 Å². The molecule has 1 rings (SSSR count). The average Bonchev–Trinajstić information content (AvgIpc) is 2.37. The third kappa shape index (κ3) is 6.47. The molecule has 0 spiro atoms. The van der Waals surface area contributed by atoms with Crippen molar-refractivity contribution in [3.05, 3.63) is 29.6 Å². The molecule has 0 fully saturated rings. The van der Waals surface area contributed by atoms with E-state index in [9.17, 15) is 4.39 Å². The van der Waals surface area contributed by atoms with Crippen LogP contribution in [0.15, 0.2) is 18.2 Å². The SMILES string of the molecule is CC(C)COCCOc1cc(F)ccc1C#CCCl. The van der Waals surface area contributed by atoms with Crippen LogP contribution in [0.1, 0.15) is 19.4 Å². The fourth-order valence-electron chi connectivity index (χ4n) is 1.38. The van der Waals surface area contributed by atoms with Crippen molar-refractivity contribution in [1.29, 1.82) is 0 Å². The van der Waals surface area contributed by atoms with Crippen LogP contribution in [0.2, 0.25) is 0 Å². The van der Waals surface area contributed by atoms with Gasteiger partial charge in [0, 0.05) is 12.7 Å². The molecular weight excluding hydrogens is 267 g/mol. The van der Waals surface area contributed by atoms with E-state index in [4.69, 9.17) is 21.1 Å². The third-order valence-electron chi connectivity index (χ3n) is 2.17. The summed E-state index contributed by atoms with van der Waals surface area (Å²) in [5.41, 5.74) is 0.630. The maximum Gasteiger partial charge on any atom is 0.137 e. The Bertz CT molecular complexity index is 449. The van der Waals surface area contributed by atoms with Crippen LogP contribution >= 0.6 is 11.6 Å². The van der Waals surface area contributed by atoms with Gasteiger partial charge in [-0.1, -0.05) is 25.7 Å². The Kier molecular flexibility index (Phi) is 7.32. The summed E-state index contributed by atoms with van der Waals surface area (Å²) in [5.74, 6) is 6.34. The number of benzene rings is 1. The number of rotatable bonds is 6. The van der Waals surface area contributed by atoms with Crippen molar-refractivity contribution in [2.75, 3.05) is 25.7 Å². The lowest BCUT2D eigenvalue weighted by Crippen LogP contribution is -2.10. The van der Waals surface area contributed by atoms with Gasteiger partial charge in [0.15, 0.2) is 0 Å². The molecule has 0 atom stereocenters. The number of hydrogen-bond acceptors (Lipinski definition) is 2. The zero-order chi connectivity index (χ0) is 14.1. The fraction of sp³-hybridized carbons (Fsp3) is 0.467. The van der Waals surface area contributed by atoms with Gasteiger partial charge in [0.2, 0.25) is 0 Å². The van der Waals surface area contributed by atoms with Crippen LogP contribution in [-0.4, -0.2) is 25.7 Å². The molecule has 1 aromatic rings. The first-order valence-corrected chi connectivity index (χ1v) is 6.72. The van der Waals surface area contributed by atoms with E-state index < -0.39 is 0 Å². The lowest BCUT2D eigenvalue weighted by Gasteiger charge is -2.10. The van der Waals surface area contributed by atoms with Gasteiger partial charge in [-0.3, -0.25) is 0 Å². The highest BCUT2D eigenvalue weighted by atomic mass is 35.5. The van der Waals surface area contributed by atoms with Crippen molar-refractivity contribution in [3.63, 3.8) is 0 Å². The summed E-state index contributed by atoms with van der Waals surface area (Å²) in [4.78, 5) is 0. The molecule has 0 aromatic heterocycles. The summed E-state index contributed by atoms with van der Waals surface area (Å²) in [6.07, 6.45) is 0. The number of hydrogen-bond donors (Lipinski definition) is 0. The smallest absolute Gasteiger partial charge is 0.137 e. The van der Waals surface area contributed by atoms with Gasteiger partial charge < -0.3 is 9.47 Å². The first-order chi connectivity index (χ1) is 9.13. The molecule has 0 saturated carbocycles. The van der Waals surface area contributed by atoms with Crippen molar-refractivity contribution in [2.24, 2.45) is 5.92 Å². The lowest BCUT2D eigenvalue weighted by atomic mass is 10.2. The maximum absolute atomic E-state index is 13.2. The molecule has 0 radical (unpaired) electrons. The van der Waals surface area contributed by atoms with E-state index in [-0.39, 0.29) is 11.7 Å². The first-order valence-electron chi connectivity index (χ1n) is 6.18. The second-order valence-corrected chi connectivity index (χ2v) is 4.66. The maximum atomic E-state index is 13.2. The quantitative estimate of drug-likeness (QED) is 0.452. The highest BCUT2D eigenvalue weighted by molar-refractivity contribution is 6.19. The summed E-state index contributed by atoms with van der Waals surface area (Å²) in [5, 5.41) is 0. The zero-order valence-corrected chi connectivity index (χ0v) is 12.0. The van der Waals surface area contributed by atoms with E-state index in [1.807, 2.05) is 0 Å². The molecule has 0 saturated heterocycles. The van der Waals surface area contributed by atoms with Crippen LogP contribution in [0.3, 0.4) is 0 Å². The summed E-state index contributed by atoms with van der Waals surface area (Å²) in [6, 6.07) is 4.25. The highest BCUT2D eigenvalue weighted by Gasteiger charge is 2.03. The molecule has 0 aliphatic carbocycles. The van der Waals surface area contributed by atoms with Crippen molar-refractivity contribution < 1.29 is 13.9 Å². The van der Waals surface area contributed by atoms with Gasteiger partial charge >= 0.3 is 0 Å². The van der Waals surface area contributed by atoms with Crippen molar-refractivity contribution in [2.45, 2.75) is 13.8 Å². The number of ether oxygens (including phenoxy) is 2. The summed E-state index contributed by atoms with van der Waals surface area (Å²) >= 11 is 5.50. The molecule has 0 bridgehead atoms. The Hall–Kier alpha value is -1.24. The summed E-state index contributed by atoms with van der Waals surface area (Å²) in [7, 11) is 0. The van der Waals surface area contributed by atoms with Crippen LogP contribution in [0.5, 0.6) is 5.75 Å². The molecular formula is C15H18ClFO2. The van der Waals surface area contributed by atoms with Crippen molar-refractivity contribution in [3.8, 4) is 17.6 Å². The molecule has 1 aromatic carbocycles. The van der Waals surface area contributed by atoms with Gasteiger partial charge in [-0.2, -0.15) is 0 Å². The average molecular weight is 285 g/mol. The minimum Gasteiger partial charge on any atom is -0.490 e. The summed E-state index contributed by atoms with van der Waals surface area (Å²) in [6.45, 7) is 5.68. The predicted molar refractivity (Wildman–Crippen MR) is 75.2 cm³/mol. The van der Waals surface area contributed by atoms with Gasteiger partial charge in [0.1, 0.15) is 18.2 Å². The van der Waals surface area contributed by atoms with Crippen LogP contribution in [0, 0.1) is 23.6 Å². The van der Waals surface area contributed by atoms with E-state index in [0.717, 1.165) is 0 Å². The van der Waals surface area contributed by atoms with E-state index in [0.29, 0.717) is 37.1 Å². The summed E-state index contributed by atoms with van der Waals surface area (Å²) < 4.78 is 24.0. The van der Waals surface area contributed by atoms with Crippen LogP contribution < -0.4 is 4.74 Å². The Balaban J connectivity index is 2.53. The largest absolute Gasteiger partial charge is 0.490 e. The van der Waals surface area contributed by atoms with E-state index in [2.05, 4.69) is 25.7 Å². The van der Waals surface area contributed by atoms with Gasteiger partial charge in [-0.15, -0.1) is 11.6 Å². The Labute approximate surface area is 118 Å². The normalized spacial score (nSPS) is 10.2. The minimum absolute atomic E-state index is 0.230. The van der Waals surface area contributed by atoms with Gasteiger partial charge in [0.05, 0.1) is 18.1 Å². The molecule has 0 amide bonds. The van der Waals surface area contributed by atoms with Gasteiger partial charge in [-0.05, 0) is 18.1 Å². The Morgan fingerprint density at radius 3 is 2.79 bits per heavy atom. The van der Waals surface area contributed by atoms with Gasteiger partial charge in [-0.25, -0.2) is 4.39 Å². The zero-order valence-electron chi connectivity index (χ0n) is 11.2. The molecule has 4 heteroatoms. The highest BCUT2D eigenvalue weighted by Crippen LogP contribution is 2.19. The Morgan fingerprint density at radius 1 is 1.32 bits per heavy atom. The monoisotopic (exact) mass is 284 g/mol. The van der Waals surface area contributed by atoms with E-state index in [1.54, 1.807) is 6.07 Å². The lowest BCUT2D eigenvalue weighted by molar-refractivity contribution is 0.0817. The fourth-order valence-corrected chi connectivity index (χ4v) is 1.44. The second kappa shape index (κ2) is 8.79. The minimum atomic E-state index is -0.352.